The van der Waals surface area contributed by atoms with Crippen molar-refractivity contribution in [1.29, 1.82) is 0 Å². The number of rotatable bonds is 8. The number of alkyl halides is 2. The van der Waals surface area contributed by atoms with Gasteiger partial charge in [-0.05, 0) is 60.2 Å². The zero-order valence-electron chi connectivity index (χ0n) is 30.6. The first kappa shape index (κ1) is 38.4. The molecule has 0 bridgehead atoms. The summed E-state index contributed by atoms with van der Waals surface area (Å²) in [5.41, 5.74) is 13.8. The van der Waals surface area contributed by atoms with Crippen LogP contribution < -0.4 is 0 Å². The van der Waals surface area contributed by atoms with Crippen molar-refractivity contribution in [3.05, 3.63) is 184 Å². The maximum atomic E-state index is 6.82. The summed E-state index contributed by atoms with van der Waals surface area (Å²) in [4.78, 5) is 10.7. The van der Waals surface area contributed by atoms with Gasteiger partial charge in [0.05, 0.1) is 11.2 Å². The fourth-order valence-corrected chi connectivity index (χ4v) is 8.38. The molecule has 4 nitrogen and oxygen atoms in total. The van der Waals surface area contributed by atoms with Gasteiger partial charge in [0.1, 0.15) is 12.1 Å². The molecule has 5 aromatic carbocycles. The fourth-order valence-electron chi connectivity index (χ4n) is 7.24. The Morgan fingerprint density at radius 1 is 0.611 bits per heavy atom. The number of hydrogen-bond acceptors (Lipinski definition) is 4. The van der Waals surface area contributed by atoms with Crippen LogP contribution in [0.3, 0.4) is 0 Å². The van der Waals surface area contributed by atoms with E-state index in [0.29, 0.717) is 18.2 Å². The van der Waals surface area contributed by atoms with E-state index in [4.69, 9.17) is 19.5 Å². The molecule has 0 aromatic heterocycles. The molecule has 0 amide bonds. The molecule has 7 heteroatoms. The van der Waals surface area contributed by atoms with Crippen LogP contribution in [0.1, 0.15) is 69.2 Å². The molecule has 0 N–H and O–H groups in total. The number of aryl methyl sites for hydroxylation is 4. The predicted molar refractivity (Wildman–Crippen MR) is 224 cm³/mol. The van der Waals surface area contributed by atoms with Gasteiger partial charge in [-0.15, -0.1) is 47.0 Å². The summed E-state index contributed by atoms with van der Waals surface area (Å²) in [6, 6.07) is 43.8. The van der Waals surface area contributed by atoms with E-state index < -0.39 is 0 Å². The Kier molecular flexibility index (Phi) is 11.7. The topological polar surface area (TPSA) is 43.2 Å². The standard InChI is InChI=1S/C47H41Br2N2O2.Pd/c1-28-8-16-32(17-9-28)36-6-5-7-37(24-36)44-46(34-20-12-30(3)13-21-34)52-41(50-44)27-42-51-45(47(53-42)35-22-14-31(4)15-23-35)39-25-38(26-40(48)43(39)49)33-18-10-29(2)11-19-33;/h5-18,20-26,40,43-47H,27H2,1-4H3;/q-1;/t40?,43?,44-,45-,46?,47?;/m1./s1. The average Bonchev–Trinajstić information content (AvgIpc) is 3.79. The first-order valence-electron chi connectivity index (χ1n) is 18.2. The maximum absolute atomic E-state index is 6.82. The summed E-state index contributed by atoms with van der Waals surface area (Å²) in [5, 5.41) is 0. The number of aliphatic imine (C=N–C) groups is 2. The maximum Gasteiger partial charge on any atom is 0.194 e. The third kappa shape index (κ3) is 8.21. The van der Waals surface area contributed by atoms with Gasteiger partial charge >= 0.3 is 0 Å². The van der Waals surface area contributed by atoms with Crippen molar-refractivity contribution in [2.75, 3.05) is 0 Å². The molecule has 276 valence electrons. The Hall–Kier alpha value is -3.86. The number of halogens is 2. The molecular weight excluding hydrogens is 891 g/mol. The molecule has 0 spiro atoms. The van der Waals surface area contributed by atoms with Crippen molar-refractivity contribution < 1.29 is 29.9 Å². The molecule has 3 aliphatic rings. The molecule has 2 heterocycles. The van der Waals surface area contributed by atoms with Crippen LogP contribution in [-0.2, 0) is 29.9 Å². The van der Waals surface area contributed by atoms with Crippen molar-refractivity contribution in [2.45, 2.75) is 68.1 Å². The van der Waals surface area contributed by atoms with E-state index in [1.807, 2.05) is 6.07 Å². The van der Waals surface area contributed by atoms with E-state index in [1.54, 1.807) is 0 Å². The van der Waals surface area contributed by atoms with Gasteiger partial charge in [-0.3, -0.25) is 0 Å². The molecule has 0 saturated heterocycles. The molecule has 5 aromatic rings. The van der Waals surface area contributed by atoms with E-state index in [0.717, 1.165) is 39.0 Å². The summed E-state index contributed by atoms with van der Waals surface area (Å²) in [6.45, 7) is 8.41. The normalized spacial score (nSPS) is 23.3. The predicted octanol–water partition coefficient (Wildman–Crippen LogP) is 12.1. The van der Waals surface area contributed by atoms with Crippen molar-refractivity contribution in [1.82, 2.24) is 0 Å². The first-order valence-corrected chi connectivity index (χ1v) is 20.0. The van der Waals surface area contributed by atoms with E-state index in [2.05, 4.69) is 187 Å². The summed E-state index contributed by atoms with van der Waals surface area (Å²) < 4.78 is 13.6. The van der Waals surface area contributed by atoms with Gasteiger partial charge in [0.2, 0.25) is 0 Å². The van der Waals surface area contributed by atoms with Gasteiger partial charge in [0.25, 0.3) is 0 Å². The Morgan fingerprint density at radius 2 is 1.17 bits per heavy atom. The molecule has 0 fully saturated rings. The third-order valence-corrected chi connectivity index (χ3v) is 12.9. The van der Waals surface area contributed by atoms with Crippen LogP contribution in [0.15, 0.2) is 143 Å². The zero-order valence-corrected chi connectivity index (χ0v) is 35.3. The van der Waals surface area contributed by atoms with Gasteiger partial charge in [-0.2, -0.15) is 0 Å². The number of ether oxygens (including phenoxy) is 2. The van der Waals surface area contributed by atoms with E-state index in [-0.39, 0.29) is 54.4 Å². The quantitative estimate of drug-likeness (QED) is 0.0884. The number of hydrogen-bond donors (Lipinski definition) is 0. The van der Waals surface area contributed by atoms with Crippen molar-refractivity contribution >= 4 is 49.2 Å². The van der Waals surface area contributed by atoms with Gasteiger partial charge < -0.3 is 9.47 Å². The SMILES string of the molecule is Cc1c[c-]c(C2=CC(Br)C(Br)C([C@H]3N=C(CC4=N[C@H](c5cccc(-c6ccc(C)cc6)c5)C(c5ccc(C)cc5)O4)OC3c3ccc(C)cc3)=C2)cc1.[Pd]. The summed E-state index contributed by atoms with van der Waals surface area (Å²) >= 11 is 7.96. The smallest absolute Gasteiger partial charge is 0.194 e. The summed E-state index contributed by atoms with van der Waals surface area (Å²) in [7, 11) is 0. The summed E-state index contributed by atoms with van der Waals surface area (Å²) in [5.74, 6) is 1.25. The van der Waals surface area contributed by atoms with Crippen LogP contribution in [-0.4, -0.2) is 27.5 Å². The number of nitrogens with zero attached hydrogens (tertiary/aromatic N) is 2. The molecule has 8 rings (SSSR count). The molecule has 0 radical (unpaired) electrons. The monoisotopic (exact) mass is 929 g/mol. The van der Waals surface area contributed by atoms with Crippen molar-refractivity contribution in [2.24, 2.45) is 9.98 Å². The van der Waals surface area contributed by atoms with Gasteiger partial charge in [0.15, 0.2) is 24.0 Å². The van der Waals surface area contributed by atoms with Gasteiger partial charge in [-0.1, -0.05) is 153 Å². The van der Waals surface area contributed by atoms with Crippen LogP contribution in [0.2, 0.25) is 0 Å². The van der Waals surface area contributed by atoms with Crippen LogP contribution in [0.4, 0.5) is 0 Å². The molecule has 4 unspecified atom stereocenters. The van der Waals surface area contributed by atoms with E-state index >= 15 is 0 Å². The second kappa shape index (κ2) is 16.5. The molecule has 2 aliphatic heterocycles. The second-order valence-electron chi connectivity index (χ2n) is 14.4. The molecule has 54 heavy (non-hydrogen) atoms. The molecule has 1 aliphatic carbocycles. The summed E-state index contributed by atoms with van der Waals surface area (Å²) in [6.07, 6.45) is 4.29. The molecule has 0 saturated carbocycles. The van der Waals surface area contributed by atoms with Crippen LogP contribution in [0.25, 0.3) is 16.7 Å². The zero-order chi connectivity index (χ0) is 36.6. The van der Waals surface area contributed by atoms with Crippen molar-refractivity contribution in [3.8, 4) is 11.1 Å². The van der Waals surface area contributed by atoms with E-state index in [1.165, 1.54) is 27.8 Å². The van der Waals surface area contributed by atoms with Crippen LogP contribution in [0, 0.1) is 33.8 Å². The minimum atomic E-state index is -0.296. The minimum Gasteiger partial charge on any atom is -0.470 e. The Bertz CT molecular complexity index is 2240. The first-order chi connectivity index (χ1) is 25.7. The third-order valence-electron chi connectivity index (χ3n) is 10.3. The Balaban J connectivity index is 0.00000450. The minimum absolute atomic E-state index is 0. The van der Waals surface area contributed by atoms with Gasteiger partial charge in [-0.25, -0.2) is 9.98 Å². The number of benzene rings is 5. The van der Waals surface area contributed by atoms with Crippen LogP contribution >= 0.6 is 31.9 Å². The van der Waals surface area contributed by atoms with E-state index in [9.17, 15) is 0 Å². The Morgan fingerprint density at radius 3 is 1.76 bits per heavy atom. The van der Waals surface area contributed by atoms with Crippen LogP contribution in [0.5, 0.6) is 0 Å². The fraction of sp³-hybridized carbons (Fsp3) is 0.234. The largest absolute Gasteiger partial charge is 0.470 e. The second-order valence-corrected chi connectivity index (χ2v) is 16.4. The van der Waals surface area contributed by atoms with Gasteiger partial charge in [0, 0.05) is 25.2 Å². The van der Waals surface area contributed by atoms with Crippen molar-refractivity contribution in [3.63, 3.8) is 0 Å². The molecular formula is C47H41Br2N2O2Pd-. The average molecular weight is 932 g/mol. The Labute approximate surface area is 349 Å². The molecule has 6 atom stereocenters. The number of allylic oxidation sites excluding steroid dienone is 3.